The molecule has 5 nitrogen and oxygen atoms in total. The van der Waals surface area contributed by atoms with Crippen molar-refractivity contribution in [2.75, 3.05) is 13.1 Å². The Morgan fingerprint density at radius 3 is 2.35 bits per heavy atom. The lowest BCUT2D eigenvalue weighted by atomic mass is 9.97. The molecule has 0 saturated heterocycles. The molecule has 4 N–H and O–H groups in total. The lowest BCUT2D eigenvalue weighted by molar-refractivity contribution is -0.125. The Balaban J connectivity index is 1.95. The van der Waals surface area contributed by atoms with Crippen LogP contribution in [0.15, 0.2) is 24.3 Å². The fourth-order valence-electron chi connectivity index (χ4n) is 2.71. The molecule has 1 atom stereocenters. The number of nitrogens with one attached hydrogen (secondary N) is 2. The molecule has 0 spiro atoms. The molecule has 1 aromatic carbocycles. The van der Waals surface area contributed by atoms with Gasteiger partial charge in [-0.3, -0.25) is 9.59 Å². The van der Waals surface area contributed by atoms with E-state index in [1.165, 1.54) is 5.56 Å². The SMILES string of the molecule is CC(C)Cc1ccc(C(NC(=O)CNC(=O)CN)C2CC2)cc1. The molecular formula is C18H27N3O2. The van der Waals surface area contributed by atoms with Crippen LogP contribution in [0.1, 0.15) is 43.9 Å². The summed E-state index contributed by atoms with van der Waals surface area (Å²) in [5.41, 5.74) is 7.67. The molecule has 1 fully saturated rings. The van der Waals surface area contributed by atoms with Gasteiger partial charge in [-0.1, -0.05) is 38.1 Å². The van der Waals surface area contributed by atoms with Gasteiger partial charge in [0.15, 0.2) is 0 Å². The van der Waals surface area contributed by atoms with Crippen molar-refractivity contribution in [3.63, 3.8) is 0 Å². The molecular weight excluding hydrogens is 290 g/mol. The van der Waals surface area contributed by atoms with Crippen LogP contribution < -0.4 is 16.4 Å². The molecule has 2 rings (SSSR count). The molecule has 1 aliphatic rings. The van der Waals surface area contributed by atoms with E-state index in [0.29, 0.717) is 11.8 Å². The highest BCUT2D eigenvalue weighted by Gasteiger charge is 2.33. The molecule has 1 aliphatic carbocycles. The first-order chi connectivity index (χ1) is 11.0. The van der Waals surface area contributed by atoms with E-state index in [-0.39, 0.29) is 30.9 Å². The van der Waals surface area contributed by atoms with Crippen molar-refractivity contribution in [2.24, 2.45) is 17.6 Å². The predicted octanol–water partition coefficient (Wildman–Crippen LogP) is 1.53. The van der Waals surface area contributed by atoms with E-state index in [1.54, 1.807) is 0 Å². The number of carbonyl (C=O) groups excluding carboxylic acids is 2. The zero-order chi connectivity index (χ0) is 16.8. The van der Waals surface area contributed by atoms with Crippen molar-refractivity contribution < 1.29 is 9.59 Å². The largest absolute Gasteiger partial charge is 0.347 e. The summed E-state index contributed by atoms with van der Waals surface area (Å²) in [5.74, 6) is 0.641. The van der Waals surface area contributed by atoms with Crippen molar-refractivity contribution >= 4 is 11.8 Å². The maximum atomic E-state index is 12.0. The first kappa shape index (κ1) is 17.5. The number of hydrogen-bond acceptors (Lipinski definition) is 3. The van der Waals surface area contributed by atoms with Gasteiger partial charge in [0, 0.05) is 0 Å². The number of carbonyl (C=O) groups is 2. The van der Waals surface area contributed by atoms with Crippen LogP contribution in [0.5, 0.6) is 0 Å². The molecule has 0 aromatic heterocycles. The minimum absolute atomic E-state index is 0.0231. The Morgan fingerprint density at radius 2 is 1.83 bits per heavy atom. The summed E-state index contributed by atoms with van der Waals surface area (Å²) in [5, 5.41) is 5.54. The molecule has 5 heteroatoms. The summed E-state index contributed by atoms with van der Waals surface area (Å²) >= 11 is 0. The fraction of sp³-hybridized carbons (Fsp3) is 0.556. The van der Waals surface area contributed by atoms with Gasteiger partial charge in [-0.25, -0.2) is 0 Å². The number of hydrogen-bond donors (Lipinski definition) is 3. The topological polar surface area (TPSA) is 84.2 Å². The molecule has 126 valence electrons. The third kappa shape index (κ3) is 5.67. The smallest absolute Gasteiger partial charge is 0.239 e. The number of nitrogens with two attached hydrogens (primary N) is 1. The van der Waals surface area contributed by atoms with Gasteiger partial charge in [-0.05, 0) is 42.2 Å². The van der Waals surface area contributed by atoms with Crippen LogP contribution in [0.4, 0.5) is 0 Å². The first-order valence-corrected chi connectivity index (χ1v) is 8.34. The third-order valence-corrected chi connectivity index (χ3v) is 4.02. The van der Waals surface area contributed by atoms with Crippen LogP contribution in [-0.2, 0) is 16.0 Å². The molecule has 1 unspecified atom stereocenters. The van der Waals surface area contributed by atoms with E-state index < -0.39 is 0 Å². The normalized spacial score (nSPS) is 15.3. The van der Waals surface area contributed by atoms with Crippen LogP contribution >= 0.6 is 0 Å². The first-order valence-electron chi connectivity index (χ1n) is 8.34. The molecule has 23 heavy (non-hydrogen) atoms. The highest BCUT2D eigenvalue weighted by molar-refractivity contribution is 5.85. The average molecular weight is 317 g/mol. The summed E-state index contributed by atoms with van der Waals surface area (Å²) in [4.78, 5) is 23.2. The van der Waals surface area contributed by atoms with Gasteiger partial charge >= 0.3 is 0 Å². The summed E-state index contributed by atoms with van der Waals surface area (Å²) in [7, 11) is 0. The fourth-order valence-corrected chi connectivity index (χ4v) is 2.71. The van der Waals surface area contributed by atoms with Crippen molar-refractivity contribution in [2.45, 2.75) is 39.2 Å². The van der Waals surface area contributed by atoms with Gasteiger partial charge < -0.3 is 16.4 Å². The lowest BCUT2D eigenvalue weighted by Crippen LogP contribution is -2.41. The van der Waals surface area contributed by atoms with Gasteiger partial charge in [-0.2, -0.15) is 0 Å². The second-order valence-electron chi connectivity index (χ2n) is 6.70. The highest BCUT2D eigenvalue weighted by atomic mass is 16.2. The maximum Gasteiger partial charge on any atom is 0.239 e. The molecule has 0 radical (unpaired) electrons. The lowest BCUT2D eigenvalue weighted by Gasteiger charge is -2.19. The van der Waals surface area contributed by atoms with Crippen LogP contribution in [0.3, 0.4) is 0 Å². The van der Waals surface area contributed by atoms with E-state index in [1.807, 2.05) is 0 Å². The second-order valence-corrected chi connectivity index (χ2v) is 6.70. The Morgan fingerprint density at radius 1 is 1.17 bits per heavy atom. The number of amides is 2. The quantitative estimate of drug-likeness (QED) is 0.680. The van der Waals surface area contributed by atoms with Crippen LogP contribution in [0.25, 0.3) is 0 Å². The molecule has 1 aromatic rings. The van der Waals surface area contributed by atoms with E-state index in [9.17, 15) is 9.59 Å². The Labute approximate surface area is 138 Å². The third-order valence-electron chi connectivity index (χ3n) is 4.02. The maximum absolute atomic E-state index is 12.0. The number of rotatable bonds is 8. The molecule has 0 heterocycles. The zero-order valence-electron chi connectivity index (χ0n) is 14.0. The zero-order valence-corrected chi connectivity index (χ0v) is 14.0. The Bertz CT molecular complexity index is 536. The summed E-state index contributed by atoms with van der Waals surface area (Å²) in [6, 6.07) is 8.55. The molecule has 1 saturated carbocycles. The highest BCUT2D eigenvalue weighted by Crippen LogP contribution is 2.41. The number of benzene rings is 1. The van der Waals surface area contributed by atoms with Gasteiger partial charge in [0.1, 0.15) is 0 Å². The Hall–Kier alpha value is -1.88. The van der Waals surface area contributed by atoms with Crippen molar-refractivity contribution in [3.8, 4) is 0 Å². The van der Waals surface area contributed by atoms with Crippen molar-refractivity contribution in [1.29, 1.82) is 0 Å². The molecule has 0 bridgehead atoms. The van der Waals surface area contributed by atoms with Crippen LogP contribution in [0, 0.1) is 11.8 Å². The van der Waals surface area contributed by atoms with E-state index in [2.05, 4.69) is 48.7 Å². The van der Waals surface area contributed by atoms with Crippen molar-refractivity contribution in [1.82, 2.24) is 10.6 Å². The predicted molar refractivity (Wildman–Crippen MR) is 90.7 cm³/mol. The van der Waals surface area contributed by atoms with Gasteiger partial charge in [0.25, 0.3) is 0 Å². The van der Waals surface area contributed by atoms with E-state index >= 15 is 0 Å². The standard InChI is InChI=1S/C18H27N3O2/c1-12(2)9-13-3-5-14(6-4-13)18(15-7-8-15)21-17(23)11-20-16(22)10-19/h3-6,12,15,18H,7-11,19H2,1-2H3,(H,20,22)(H,21,23). The second kappa shape index (κ2) is 8.11. The van der Waals surface area contributed by atoms with Crippen molar-refractivity contribution in [3.05, 3.63) is 35.4 Å². The average Bonchev–Trinajstić information content (AvgIpc) is 3.35. The monoisotopic (exact) mass is 317 g/mol. The van der Waals surface area contributed by atoms with E-state index in [4.69, 9.17) is 5.73 Å². The minimum atomic E-state index is -0.318. The Kier molecular flexibility index (Phi) is 6.16. The summed E-state index contributed by atoms with van der Waals surface area (Å²) < 4.78 is 0. The van der Waals surface area contributed by atoms with Crippen LogP contribution in [-0.4, -0.2) is 24.9 Å². The minimum Gasteiger partial charge on any atom is -0.347 e. The van der Waals surface area contributed by atoms with Gasteiger partial charge in [0.05, 0.1) is 19.1 Å². The molecule has 0 aliphatic heterocycles. The van der Waals surface area contributed by atoms with Gasteiger partial charge in [-0.15, -0.1) is 0 Å². The van der Waals surface area contributed by atoms with Gasteiger partial charge in [0.2, 0.25) is 11.8 Å². The van der Waals surface area contributed by atoms with Crippen LogP contribution in [0.2, 0.25) is 0 Å². The molecule has 2 amide bonds. The summed E-state index contributed by atoms with van der Waals surface area (Å²) in [6.45, 7) is 4.29. The van der Waals surface area contributed by atoms with E-state index in [0.717, 1.165) is 24.8 Å². The summed E-state index contributed by atoms with van der Waals surface area (Å²) in [6.07, 6.45) is 3.33.